The van der Waals surface area contributed by atoms with E-state index in [4.69, 9.17) is 9.47 Å². The zero-order valence-electron chi connectivity index (χ0n) is 12.9. The van der Waals surface area contributed by atoms with Crippen molar-refractivity contribution in [1.82, 2.24) is 9.97 Å². The number of nitrogens with zero attached hydrogens (tertiary/aromatic N) is 2. The summed E-state index contributed by atoms with van der Waals surface area (Å²) in [6.07, 6.45) is 2.92. The van der Waals surface area contributed by atoms with Crippen molar-refractivity contribution in [2.45, 2.75) is 13.3 Å². The largest absolute Gasteiger partial charge is 0.466 e. The molecule has 9 heteroatoms. The Labute approximate surface area is 141 Å². The van der Waals surface area contributed by atoms with E-state index in [1.54, 1.807) is 18.4 Å². The molecule has 0 aliphatic heterocycles. The lowest BCUT2D eigenvalue weighted by atomic mass is 10.3. The molecule has 0 bridgehead atoms. The highest BCUT2D eigenvalue weighted by molar-refractivity contribution is 7.13. The summed E-state index contributed by atoms with van der Waals surface area (Å²) >= 11 is 1.17. The smallest absolute Gasteiger partial charge is 0.340 e. The zero-order chi connectivity index (χ0) is 17.4. The molecule has 2 aromatic heterocycles. The molecular weight excluding hydrogens is 334 g/mol. The van der Waals surface area contributed by atoms with E-state index in [1.807, 2.05) is 0 Å². The zero-order valence-corrected chi connectivity index (χ0v) is 13.7. The van der Waals surface area contributed by atoms with Crippen LogP contribution in [0.3, 0.4) is 0 Å². The second-order valence-corrected chi connectivity index (χ2v) is 5.35. The Balaban J connectivity index is 1.79. The van der Waals surface area contributed by atoms with Crippen LogP contribution in [0.2, 0.25) is 0 Å². The van der Waals surface area contributed by atoms with Crippen LogP contribution in [0.1, 0.15) is 23.0 Å². The molecule has 0 spiro atoms. The van der Waals surface area contributed by atoms with Crippen molar-refractivity contribution in [2.24, 2.45) is 0 Å². The predicted octanol–water partition coefficient (Wildman–Crippen LogP) is 1.44. The van der Waals surface area contributed by atoms with Gasteiger partial charge in [0.2, 0.25) is 0 Å². The Morgan fingerprint density at radius 1 is 1.29 bits per heavy atom. The summed E-state index contributed by atoms with van der Waals surface area (Å²) in [5.74, 6) is -1.55. The number of nitrogens with one attached hydrogen (secondary N) is 1. The van der Waals surface area contributed by atoms with Crippen LogP contribution in [0, 0.1) is 0 Å². The highest BCUT2D eigenvalue weighted by Crippen LogP contribution is 2.16. The van der Waals surface area contributed by atoms with Crippen molar-refractivity contribution in [1.29, 1.82) is 0 Å². The SMILES string of the molecule is CCOC(=O)Cc1csc(NC(=O)COC(=O)c2cccnc2)n1. The normalized spacial score (nSPS) is 10.0. The minimum Gasteiger partial charge on any atom is -0.466 e. The summed E-state index contributed by atoms with van der Waals surface area (Å²) in [5.41, 5.74) is 0.761. The van der Waals surface area contributed by atoms with Crippen LogP contribution in [0.5, 0.6) is 0 Å². The molecule has 126 valence electrons. The fourth-order valence-corrected chi connectivity index (χ4v) is 2.39. The Morgan fingerprint density at radius 2 is 2.12 bits per heavy atom. The number of amides is 1. The van der Waals surface area contributed by atoms with Crippen LogP contribution in [0.25, 0.3) is 0 Å². The first-order valence-electron chi connectivity index (χ1n) is 7.05. The van der Waals surface area contributed by atoms with Gasteiger partial charge in [-0.2, -0.15) is 0 Å². The van der Waals surface area contributed by atoms with Gasteiger partial charge >= 0.3 is 11.9 Å². The standard InChI is InChI=1S/C15H15N3O5S/c1-2-22-13(20)6-11-9-24-15(17-11)18-12(19)8-23-14(21)10-4-3-5-16-7-10/h3-5,7,9H,2,6,8H2,1H3,(H,17,18,19). The summed E-state index contributed by atoms with van der Waals surface area (Å²) in [6, 6.07) is 3.13. The molecule has 0 saturated heterocycles. The van der Waals surface area contributed by atoms with Gasteiger partial charge in [-0.25, -0.2) is 9.78 Å². The molecule has 2 aromatic rings. The van der Waals surface area contributed by atoms with E-state index >= 15 is 0 Å². The monoisotopic (exact) mass is 349 g/mol. The summed E-state index contributed by atoms with van der Waals surface area (Å²) in [5, 5.41) is 4.46. The van der Waals surface area contributed by atoms with E-state index in [0.717, 1.165) is 0 Å². The van der Waals surface area contributed by atoms with Gasteiger partial charge in [0.15, 0.2) is 11.7 Å². The van der Waals surface area contributed by atoms with Crippen LogP contribution >= 0.6 is 11.3 Å². The van der Waals surface area contributed by atoms with Gasteiger partial charge in [-0.15, -0.1) is 11.3 Å². The van der Waals surface area contributed by atoms with Gasteiger partial charge in [-0.3, -0.25) is 19.9 Å². The topological polar surface area (TPSA) is 107 Å². The van der Waals surface area contributed by atoms with Crippen molar-refractivity contribution in [2.75, 3.05) is 18.5 Å². The lowest BCUT2D eigenvalue weighted by Crippen LogP contribution is -2.21. The summed E-state index contributed by atoms with van der Waals surface area (Å²) in [4.78, 5) is 42.7. The quantitative estimate of drug-likeness (QED) is 0.754. The van der Waals surface area contributed by atoms with E-state index < -0.39 is 18.5 Å². The van der Waals surface area contributed by atoms with Crippen molar-refractivity contribution in [3.8, 4) is 0 Å². The molecular formula is C15H15N3O5S. The molecule has 8 nitrogen and oxygen atoms in total. The van der Waals surface area contributed by atoms with E-state index in [-0.39, 0.29) is 18.0 Å². The number of rotatable bonds is 7. The molecule has 1 N–H and O–H groups in total. The maximum absolute atomic E-state index is 11.8. The molecule has 0 atom stereocenters. The number of hydrogen-bond acceptors (Lipinski definition) is 8. The molecule has 0 aromatic carbocycles. The summed E-state index contributed by atoms with van der Waals surface area (Å²) in [6.45, 7) is 1.58. The molecule has 0 fully saturated rings. The van der Waals surface area contributed by atoms with E-state index in [9.17, 15) is 14.4 Å². The first kappa shape index (κ1) is 17.5. The van der Waals surface area contributed by atoms with Gasteiger partial charge in [0.05, 0.1) is 24.3 Å². The Morgan fingerprint density at radius 3 is 2.83 bits per heavy atom. The number of anilines is 1. The molecule has 1 amide bonds. The molecule has 0 saturated carbocycles. The Kier molecular flexibility index (Phi) is 6.38. The Hall–Kier alpha value is -2.81. The number of aromatic nitrogens is 2. The molecule has 0 aliphatic rings. The maximum atomic E-state index is 11.8. The molecule has 2 rings (SSSR count). The number of thiazole rings is 1. The number of carbonyl (C=O) groups excluding carboxylic acids is 3. The van der Waals surface area contributed by atoms with Gasteiger partial charge < -0.3 is 9.47 Å². The fourth-order valence-electron chi connectivity index (χ4n) is 1.66. The highest BCUT2D eigenvalue weighted by Gasteiger charge is 2.13. The van der Waals surface area contributed by atoms with E-state index in [0.29, 0.717) is 17.4 Å². The predicted molar refractivity (Wildman–Crippen MR) is 85.6 cm³/mol. The first-order valence-corrected chi connectivity index (χ1v) is 7.93. The number of hydrogen-bond donors (Lipinski definition) is 1. The average Bonchev–Trinajstić information content (AvgIpc) is 3.00. The molecule has 0 aliphatic carbocycles. The lowest BCUT2D eigenvalue weighted by molar-refractivity contribution is -0.142. The molecule has 0 radical (unpaired) electrons. The van der Waals surface area contributed by atoms with E-state index in [2.05, 4.69) is 15.3 Å². The molecule has 24 heavy (non-hydrogen) atoms. The van der Waals surface area contributed by atoms with Gasteiger partial charge in [0.25, 0.3) is 5.91 Å². The van der Waals surface area contributed by atoms with Crippen molar-refractivity contribution >= 4 is 34.3 Å². The van der Waals surface area contributed by atoms with Crippen LogP contribution in [-0.2, 0) is 25.5 Å². The van der Waals surface area contributed by atoms with Crippen molar-refractivity contribution in [3.05, 3.63) is 41.2 Å². The van der Waals surface area contributed by atoms with Crippen LogP contribution < -0.4 is 5.32 Å². The average molecular weight is 349 g/mol. The second-order valence-electron chi connectivity index (χ2n) is 4.49. The number of ether oxygens (including phenoxy) is 2. The maximum Gasteiger partial charge on any atom is 0.340 e. The van der Waals surface area contributed by atoms with Gasteiger partial charge in [0.1, 0.15) is 0 Å². The van der Waals surface area contributed by atoms with Gasteiger partial charge in [-0.05, 0) is 19.1 Å². The van der Waals surface area contributed by atoms with E-state index in [1.165, 1.54) is 29.8 Å². The number of pyridine rings is 1. The van der Waals surface area contributed by atoms with Crippen molar-refractivity contribution in [3.63, 3.8) is 0 Å². The first-order chi connectivity index (χ1) is 11.6. The highest BCUT2D eigenvalue weighted by atomic mass is 32.1. The summed E-state index contributed by atoms with van der Waals surface area (Å²) < 4.78 is 9.70. The second kappa shape index (κ2) is 8.73. The van der Waals surface area contributed by atoms with Crippen LogP contribution in [0.15, 0.2) is 29.9 Å². The van der Waals surface area contributed by atoms with Crippen LogP contribution in [0.4, 0.5) is 5.13 Å². The van der Waals surface area contributed by atoms with Gasteiger partial charge in [-0.1, -0.05) is 0 Å². The third-order valence-electron chi connectivity index (χ3n) is 2.66. The summed E-state index contributed by atoms with van der Waals surface area (Å²) in [7, 11) is 0. The Bertz CT molecular complexity index is 717. The third-order valence-corrected chi connectivity index (χ3v) is 3.47. The lowest BCUT2D eigenvalue weighted by Gasteiger charge is -2.04. The van der Waals surface area contributed by atoms with Crippen molar-refractivity contribution < 1.29 is 23.9 Å². The minimum absolute atomic E-state index is 0.0379. The minimum atomic E-state index is -0.639. The molecule has 0 unspecified atom stereocenters. The molecule has 2 heterocycles. The van der Waals surface area contributed by atoms with Gasteiger partial charge in [0, 0.05) is 17.8 Å². The number of esters is 2. The van der Waals surface area contributed by atoms with Crippen LogP contribution in [-0.4, -0.2) is 41.0 Å². The number of carbonyl (C=O) groups is 3. The third kappa shape index (κ3) is 5.43. The fraction of sp³-hybridized carbons (Fsp3) is 0.267.